The second-order valence-electron chi connectivity index (χ2n) is 4.33. The Morgan fingerprint density at radius 1 is 1.44 bits per heavy atom. The summed E-state index contributed by atoms with van der Waals surface area (Å²) in [5.74, 6) is 0.737. The lowest BCUT2D eigenvalue weighted by Gasteiger charge is -2.25. The van der Waals surface area contributed by atoms with Gasteiger partial charge in [0.2, 0.25) is 0 Å². The number of anilines is 1. The van der Waals surface area contributed by atoms with Crippen molar-refractivity contribution in [2.24, 2.45) is 0 Å². The summed E-state index contributed by atoms with van der Waals surface area (Å²) in [4.78, 5) is 12.9. The van der Waals surface area contributed by atoms with Crippen molar-refractivity contribution in [3.8, 4) is 5.75 Å². The van der Waals surface area contributed by atoms with Gasteiger partial charge in [0, 0.05) is 18.0 Å². The number of hydrogen-bond donors (Lipinski definition) is 2. The van der Waals surface area contributed by atoms with Crippen molar-refractivity contribution in [2.45, 2.75) is 19.3 Å². The van der Waals surface area contributed by atoms with Gasteiger partial charge in [0.1, 0.15) is 17.4 Å². The van der Waals surface area contributed by atoms with Crippen molar-refractivity contribution in [1.82, 2.24) is 4.90 Å². The van der Waals surface area contributed by atoms with E-state index in [9.17, 15) is 4.79 Å². The van der Waals surface area contributed by atoms with Crippen LogP contribution in [0.2, 0.25) is 0 Å². The van der Waals surface area contributed by atoms with E-state index in [2.05, 4.69) is 10.2 Å². The Balaban J connectivity index is 1.69. The molecule has 6 heteroatoms. The third-order valence-electron chi connectivity index (χ3n) is 2.93. The maximum absolute atomic E-state index is 10.4. The van der Waals surface area contributed by atoms with Crippen LogP contribution in [-0.2, 0) is 0 Å². The number of carbonyl (C=O) groups is 1. The Morgan fingerprint density at radius 2 is 2.22 bits per heavy atom. The van der Waals surface area contributed by atoms with Gasteiger partial charge >= 0.3 is 6.09 Å². The minimum absolute atomic E-state index is 0.593. The van der Waals surface area contributed by atoms with Gasteiger partial charge in [0.25, 0.3) is 0 Å². The summed E-state index contributed by atoms with van der Waals surface area (Å²) in [7, 11) is 0. The molecule has 100 valence electrons. The molecule has 1 aromatic heterocycles. The minimum atomic E-state index is -1.04. The quantitative estimate of drug-likeness (QED) is 0.863. The number of carboxylic acid groups (broad SMARTS) is 1. The molecule has 0 spiro atoms. The molecule has 0 atom stereocenters. The molecule has 2 heterocycles. The zero-order valence-electron chi connectivity index (χ0n) is 10.2. The van der Waals surface area contributed by atoms with Crippen LogP contribution in [0.4, 0.5) is 9.80 Å². The van der Waals surface area contributed by atoms with Crippen molar-refractivity contribution >= 4 is 22.4 Å². The first kappa shape index (κ1) is 13.2. The molecule has 2 rings (SSSR count). The molecule has 1 aliphatic heterocycles. The zero-order valence-corrected chi connectivity index (χ0v) is 11.0. The highest BCUT2D eigenvalue weighted by atomic mass is 32.1. The Labute approximate surface area is 110 Å². The van der Waals surface area contributed by atoms with E-state index in [-0.39, 0.29) is 0 Å². The molecule has 5 nitrogen and oxygen atoms in total. The van der Waals surface area contributed by atoms with Gasteiger partial charge in [0.15, 0.2) is 0 Å². The van der Waals surface area contributed by atoms with Gasteiger partial charge in [-0.3, -0.25) is 10.2 Å². The van der Waals surface area contributed by atoms with Crippen LogP contribution in [0.15, 0.2) is 11.4 Å². The molecule has 0 unspecified atom stereocenters. The summed E-state index contributed by atoms with van der Waals surface area (Å²) in [6.07, 6.45) is 2.86. The van der Waals surface area contributed by atoms with Crippen LogP contribution >= 0.6 is 11.3 Å². The first-order valence-electron chi connectivity index (χ1n) is 6.18. The van der Waals surface area contributed by atoms with Crippen molar-refractivity contribution in [1.29, 1.82) is 0 Å². The smallest absolute Gasteiger partial charge is 0.409 e. The monoisotopic (exact) mass is 270 g/mol. The molecule has 0 bridgehead atoms. The van der Waals surface area contributed by atoms with Crippen molar-refractivity contribution < 1.29 is 14.6 Å². The second-order valence-corrected chi connectivity index (χ2v) is 5.24. The van der Waals surface area contributed by atoms with E-state index < -0.39 is 6.09 Å². The maximum atomic E-state index is 10.4. The molecule has 1 aliphatic rings. The lowest BCUT2D eigenvalue weighted by molar-refractivity contribution is 0.183. The molecule has 0 aromatic carbocycles. The van der Waals surface area contributed by atoms with Crippen LogP contribution in [0.5, 0.6) is 5.75 Å². The molecule has 1 amide bonds. The number of amides is 1. The Hall–Kier alpha value is -1.27. The average molecular weight is 270 g/mol. The Morgan fingerprint density at radius 3 is 2.94 bits per heavy atom. The fourth-order valence-corrected chi connectivity index (χ4v) is 2.75. The normalized spacial score (nSPS) is 16.4. The summed E-state index contributed by atoms with van der Waals surface area (Å²) < 4.78 is 5.61. The molecule has 1 aromatic rings. The molecule has 0 saturated carbocycles. The summed E-state index contributed by atoms with van der Waals surface area (Å²) in [5, 5.41) is 13.3. The largest absolute Gasteiger partial charge is 0.491 e. The molecule has 2 N–H and O–H groups in total. The lowest BCUT2D eigenvalue weighted by Crippen LogP contribution is -2.33. The summed E-state index contributed by atoms with van der Waals surface area (Å²) >= 11 is 1.33. The van der Waals surface area contributed by atoms with Gasteiger partial charge in [-0.2, -0.15) is 0 Å². The number of hydrogen-bond acceptors (Lipinski definition) is 4. The molecule has 0 aliphatic carbocycles. The molecule has 0 radical (unpaired) electrons. The van der Waals surface area contributed by atoms with Crippen LogP contribution in [-0.4, -0.2) is 42.3 Å². The van der Waals surface area contributed by atoms with E-state index in [1.807, 2.05) is 5.38 Å². The number of nitrogens with zero attached hydrogens (tertiary/aromatic N) is 1. The predicted molar refractivity (Wildman–Crippen MR) is 71.8 cm³/mol. The molecular weight excluding hydrogens is 252 g/mol. The topological polar surface area (TPSA) is 61.8 Å². The van der Waals surface area contributed by atoms with Gasteiger partial charge in [-0.15, -0.1) is 11.3 Å². The molecule has 1 saturated heterocycles. The van der Waals surface area contributed by atoms with Gasteiger partial charge in [0.05, 0.1) is 0 Å². The van der Waals surface area contributed by atoms with E-state index in [4.69, 9.17) is 9.84 Å². The zero-order chi connectivity index (χ0) is 12.8. The number of ether oxygens (including phenoxy) is 1. The van der Waals surface area contributed by atoms with Gasteiger partial charge in [-0.05, 0) is 25.9 Å². The molecule has 18 heavy (non-hydrogen) atoms. The minimum Gasteiger partial charge on any atom is -0.491 e. The third-order valence-corrected chi connectivity index (χ3v) is 3.75. The van der Waals surface area contributed by atoms with Crippen molar-refractivity contribution in [2.75, 3.05) is 31.6 Å². The van der Waals surface area contributed by atoms with E-state index in [1.54, 1.807) is 6.07 Å². The van der Waals surface area contributed by atoms with Crippen LogP contribution in [0.3, 0.4) is 0 Å². The van der Waals surface area contributed by atoms with E-state index in [0.717, 1.165) is 12.3 Å². The highest BCUT2D eigenvalue weighted by molar-refractivity contribution is 7.14. The number of piperidine rings is 1. The highest BCUT2D eigenvalue weighted by Crippen LogP contribution is 2.26. The average Bonchev–Trinajstić information content (AvgIpc) is 2.77. The fourth-order valence-electron chi connectivity index (χ4n) is 2.04. The van der Waals surface area contributed by atoms with Gasteiger partial charge in [-0.25, -0.2) is 4.79 Å². The van der Waals surface area contributed by atoms with E-state index in [0.29, 0.717) is 11.6 Å². The van der Waals surface area contributed by atoms with E-state index in [1.165, 1.54) is 43.7 Å². The second kappa shape index (κ2) is 6.61. The number of nitrogens with one attached hydrogen (secondary N) is 1. The van der Waals surface area contributed by atoms with Crippen molar-refractivity contribution in [3.05, 3.63) is 11.4 Å². The Bertz CT molecular complexity index is 388. The Kier molecular flexibility index (Phi) is 4.83. The lowest BCUT2D eigenvalue weighted by atomic mass is 10.1. The van der Waals surface area contributed by atoms with Crippen molar-refractivity contribution in [3.63, 3.8) is 0 Å². The summed E-state index contributed by atoms with van der Waals surface area (Å²) in [6, 6.07) is 1.72. The maximum Gasteiger partial charge on any atom is 0.409 e. The van der Waals surface area contributed by atoms with Crippen LogP contribution < -0.4 is 10.1 Å². The highest BCUT2D eigenvalue weighted by Gasteiger charge is 2.10. The molecule has 1 fully saturated rings. The van der Waals surface area contributed by atoms with Crippen LogP contribution in [0, 0.1) is 0 Å². The van der Waals surface area contributed by atoms with Crippen LogP contribution in [0.25, 0.3) is 0 Å². The molecular formula is C12H18N2O3S. The summed E-state index contributed by atoms with van der Waals surface area (Å²) in [5.41, 5.74) is 0. The van der Waals surface area contributed by atoms with Gasteiger partial charge in [-0.1, -0.05) is 6.42 Å². The fraction of sp³-hybridized carbons (Fsp3) is 0.583. The number of thiophene rings is 1. The van der Waals surface area contributed by atoms with E-state index >= 15 is 0 Å². The first-order chi connectivity index (χ1) is 8.74. The summed E-state index contributed by atoms with van der Waals surface area (Å²) in [6.45, 7) is 3.93. The predicted octanol–water partition coefficient (Wildman–Crippen LogP) is 2.70. The SMILES string of the molecule is O=C(O)Nc1cc(OCCN2CCCCC2)cs1. The standard InChI is InChI=1S/C12H18N2O3S/c15-12(16)13-11-8-10(9-18-11)17-7-6-14-4-2-1-3-5-14/h8-9,13H,1-7H2,(H,15,16). The number of rotatable bonds is 5. The number of likely N-dealkylation sites (tertiary alicyclic amines) is 1. The van der Waals surface area contributed by atoms with Crippen LogP contribution in [0.1, 0.15) is 19.3 Å². The third kappa shape index (κ3) is 4.19. The van der Waals surface area contributed by atoms with Gasteiger partial charge < -0.3 is 9.84 Å². The first-order valence-corrected chi connectivity index (χ1v) is 7.05.